The monoisotopic (exact) mass is 259 g/mol. The maximum absolute atomic E-state index is 5.15. The number of rotatable bonds is 6. The first-order valence-corrected chi connectivity index (χ1v) is 7.73. The van der Waals surface area contributed by atoms with Gasteiger partial charge in [0.15, 0.2) is 0 Å². The van der Waals surface area contributed by atoms with Crippen molar-refractivity contribution in [2.24, 2.45) is 0 Å². The van der Waals surface area contributed by atoms with Gasteiger partial charge in [-0.1, -0.05) is 18.2 Å². The highest BCUT2D eigenvalue weighted by molar-refractivity contribution is 5.36. The van der Waals surface area contributed by atoms with E-state index < -0.39 is 0 Å². The summed E-state index contributed by atoms with van der Waals surface area (Å²) in [5.74, 6) is 0. The van der Waals surface area contributed by atoms with Crippen molar-refractivity contribution in [3.63, 3.8) is 0 Å². The zero-order chi connectivity index (χ0) is 13.1. The highest BCUT2D eigenvalue weighted by Crippen LogP contribution is 2.33. The van der Waals surface area contributed by atoms with Crippen LogP contribution < -0.4 is 5.32 Å². The zero-order valence-electron chi connectivity index (χ0n) is 12.0. The number of fused-ring (bicyclic) bond motifs is 1. The molecular weight excluding hydrogens is 234 g/mol. The van der Waals surface area contributed by atoms with Crippen LogP contribution >= 0.6 is 0 Å². The molecule has 1 N–H and O–H groups in total. The van der Waals surface area contributed by atoms with E-state index in [1.54, 1.807) is 18.2 Å². The summed E-state index contributed by atoms with van der Waals surface area (Å²) >= 11 is 0. The highest BCUT2D eigenvalue weighted by atomic mass is 16.5. The van der Waals surface area contributed by atoms with Gasteiger partial charge in [0.1, 0.15) is 0 Å². The third kappa shape index (κ3) is 3.37. The molecule has 2 aliphatic carbocycles. The first-order valence-electron chi connectivity index (χ1n) is 7.73. The van der Waals surface area contributed by atoms with Crippen LogP contribution in [0.1, 0.15) is 54.8 Å². The smallest absolute Gasteiger partial charge is 0.0465 e. The van der Waals surface area contributed by atoms with E-state index in [4.69, 9.17) is 4.74 Å². The lowest BCUT2D eigenvalue weighted by atomic mass is 9.86. The van der Waals surface area contributed by atoms with E-state index in [2.05, 4.69) is 23.5 Å². The maximum Gasteiger partial charge on any atom is 0.0465 e. The second kappa shape index (κ2) is 6.06. The molecule has 1 fully saturated rings. The van der Waals surface area contributed by atoms with Gasteiger partial charge in [-0.15, -0.1) is 0 Å². The summed E-state index contributed by atoms with van der Waals surface area (Å²) in [4.78, 5) is 0. The number of hydrogen-bond donors (Lipinski definition) is 1. The molecule has 3 rings (SSSR count). The Bertz CT molecular complexity index is 425. The fraction of sp³-hybridized carbons (Fsp3) is 0.647. The molecule has 0 aliphatic heterocycles. The van der Waals surface area contributed by atoms with Gasteiger partial charge in [0.05, 0.1) is 0 Å². The van der Waals surface area contributed by atoms with Gasteiger partial charge in [-0.3, -0.25) is 0 Å². The van der Waals surface area contributed by atoms with Crippen molar-refractivity contribution in [2.45, 2.75) is 57.0 Å². The average molecular weight is 259 g/mol. The molecule has 2 aliphatic rings. The van der Waals surface area contributed by atoms with Gasteiger partial charge >= 0.3 is 0 Å². The Hall–Kier alpha value is -0.860. The third-order valence-electron chi connectivity index (χ3n) is 4.35. The molecule has 0 bridgehead atoms. The van der Waals surface area contributed by atoms with E-state index >= 15 is 0 Å². The number of benzene rings is 1. The van der Waals surface area contributed by atoms with E-state index in [0.717, 1.165) is 25.5 Å². The first kappa shape index (κ1) is 13.1. The predicted molar refractivity (Wildman–Crippen MR) is 78.5 cm³/mol. The van der Waals surface area contributed by atoms with Crippen molar-refractivity contribution >= 4 is 0 Å². The average Bonchev–Trinajstić information content (AvgIpc) is 3.24. The van der Waals surface area contributed by atoms with E-state index in [0.29, 0.717) is 6.04 Å². The highest BCUT2D eigenvalue weighted by Gasteiger charge is 2.28. The quantitative estimate of drug-likeness (QED) is 0.791. The zero-order valence-corrected chi connectivity index (χ0v) is 12.0. The Balaban J connectivity index is 1.71. The number of hydrogen-bond acceptors (Lipinski definition) is 2. The van der Waals surface area contributed by atoms with Gasteiger partial charge < -0.3 is 10.1 Å². The summed E-state index contributed by atoms with van der Waals surface area (Å²) in [5, 5.41) is 3.82. The van der Waals surface area contributed by atoms with E-state index in [1.807, 2.05) is 0 Å². The second-order valence-electron chi connectivity index (χ2n) is 6.02. The molecule has 1 aromatic rings. The molecule has 0 amide bonds. The molecule has 2 heteroatoms. The van der Waals surface area contributed by atoms with Crippen LogP contribution in [0.25, 0.3) is 0 Å². The van der Waals surface area contributed by atoms with Gasteiger partial charge in [0.25, 0.3) is 0 Å². The Kier molecular flexibility index (Phi) is 4.19. The van der Waals surface area contributed by atoms with Crippen molar-refractivity contribution in [1.82, 2.24) is 5.32 Å². The molecule has 0 spiro atoms. The largest absolute Gasteiger partial charge is 0.385 e. The summed E-state index contributed by atoms with van der Waals surface area (Å²) in [7, 11) is 1.78. The molecule has 1 saturated carbocycles. The van der Waals surface area contributed by atoms with Gasteiger partial charge in [0.2, 0.25) is 0 Å². The lowest BCUT2D eigenvalue weighted by molar-refractivity contribution is 0.195. The van der Waals surface area contributed by atoms with Crippen LogP contribution in [-0.2, 0) is 17.6 Å². The normalized spacial score (nSPS) is 22.3. The van der Waals surface area contributed by atoms with E-state index in [-0.39, 0.29) is 0 Å². The van der Waals surface area contributed by atoms with Crippen LogP contribution in [0.15, 0.2) is 18.2 Å². The molecule has 0 saturated heterocycles. The first-order chi connectivity index (χ1) is 9.36. The standard InChI is InChI=1S/C17H25NO/c1-19-11-3-4-13-7-8-14-5-2-6-17(16(14)12-13)18-15-9-10-15/h7-8,12,15,17-18H,2-6,9-11H2,1H3. The minimum absolute atomic E-state index is 0.610. The number of methoxy groups -OCH3 is 1. The SMILES string of the molecule is COCCCc1ccc2c(c1)C(NC1CC1)CCC2. The number of aryl methyl sites for hydroxylation is 2. The molecule has 0 heterocycles. The molecule has 0 radical (unpaired) electrons. The Morgan fingerprint density at radius 1 is 1.26 bits per heavy atom. The van der Waals surface area contributed by atoms with E-state index in [9.17, 15) is 0 Å². The lowest BCUT2D eigenvalue weighted by Gasteiger charge is -2.27. The molecule has 0 aromatic heterocycles. The van der Waals surface area contributed by atoms with Crippen LogP contribution in [0.5, 0.6) is 0 Å². The summed E-state index contributed by atoms with van der Waals surface area (Å²) in [5.41, 5.74) is 4.62. The lowest BCUT2D eigenvalue weighted by Crippen LogP contribution is -2.27. The van der Waals surface area contributed by atoms with Crippen LogP contribution in [-0.4, -0.2) is 19.8 Å². The number of nitrogens with one attached hydrogen (secondary N) is 1. The van der Waals surface area contributed by atoms with Crippen molar-refractivity contribution in [3.05, 3.63) is 34.9 Å². The third-order valence-corrected chi connectivity index (χ3v) is 4.35. The Labute approximate surface area is 116 Å². The maximum atomic E-state index is 5.15. The van der Waals surface area contributed by atoms with Crippen molar-refractivity contribution in [1.29, 1.82) is 0 Å². The summed E-state index contributed by atoms with van der Waals surface area (Å²) < 4.78 is 5.15. The van der Waals surface area contributed by atoms with Crippen LogP contribution in [0.3, 0.4) is 0 Å². The Morgan fingerprint density at radius 2 is 2.16 bits per heavy atom. The summed E-state index contributed by atoms with van der Waals surface area (Å²) in [6.07, 6.45) is 8.91. The molecule has 1 unspecified atom stereocenters. The molecule has 19 heavy (non-hydrogen) atoms. The topological polar surface area (TPSA) is 21.3 Å². The van der Waals surface area contributed by atoms with Gasteiger partial charge in [-0.2, -0.15) is 0 Å². The van der Waals surface area contributed by atoms with E-state index in [1.165, 1.54) is 37.7 Å². The van der Waals surface area contributed by atoms with Crippen LogP contribution in [0, 0.1) is 0 Å². The Morgan fingerprint density at radius 3 is 2.95 bits per heavy atom. The van der Waals surface area contributed by atoms with Gasteiger partial charge in [-0.25, -0.2) is 0 Å². The van der Waals surface area contributed by atoms with Crippen molar-refractivity contribution in [2.75, 3.05) is 13.7 Å². The summed E-state index contributed by atoms with van der Waals surface area (Å²) in [6, 6.07) is 8.53. The van der Waals surface area contributed by atoms with Crippen molar-refractivity contribution < 1.29 is 4.74 Å². The van der Waals surface area contributed by atoms with Crippen molar-refractivity contribution in [3.8, 4) is 0 Å². The second-order valence-corrected chi connectivity index (χ2v) is 6.02. The summed E-state index contributed by atoms with van der Waals surface area (Å²) in [6.45, 7) is 0.862. The number of ether oxygens (including phenoxy) is 1. The fourth-order valence-electron chi connectivity index (χ4n) is 3.13. The predicted octanol–water partition coefficient (Wildman–Crippen LogP) is 3.40. The van der Waals surface area contributed by atoms with Gasteiger partial charge in [-0.05, 0) is 61.6 Å². The molecule has 1 aromatic carbocycles. The molecule has 2 nitrogen and oxygen atoms in total. The molecule has 1 atom stereocenters. The minimum atomic E-state index is 0.610. The van der Waals surface area contributed by atoms with Crippen LogP contribution in [0.4, 0.5) is 0 Å². The minimum Gasteiger partial charge on any atom is -0.385 e. The van der Waals surface area contributed by atoms with Crippen LogP contribution in [0.2, 0.25) is 0 Å². The fourth-order valence-corrected chi connectivity index (χ4v) is 3.13. The van der Waals surface area contributed by atoms with Gasteiger partial charge in [0, 0.05) is 25.8 Å². The molecule has 104 valence electrons. The molecular formula is C17H25NO.